The van der Waals surface area contributed by atoms with Crippen molar-refractivity contribution >= 4 is 20.5 Å². The van der Waals surface area contributed by atoms with Crippen molar-refractivity contribution in [2.75, 3.05) is 21.1 Å². The van der Waals surface area contributed by atoms with Crippen LogP contribution in [0.3, 0.4) is 0 Å². The van der Waals surface area contributed by atoms with Crippen molar-refractivity contribution in [1.82, 2.24) is 4.90 Å². The molecule has 0 saturated carbocycles. The standard InChI is InChI=1S/C3H9N.CH8Si2/c1-4(2)3;2-1-3/h1-3H3;1H2,2-3H3. The van der Waals surface area contributed by atoms with Crippen LogP contribution in [0.15, 0.2) is 0 Å². The molecule has 0 aromatic heterocycles. The lowest BCUT2D eigenvalue weighted by atomic mass is 11.0. The van der Waals surface area contributed by atoms with E-state index in [2.05, 4.69) is 0 Å². The Balaban J connectivity index is 0. The van der Waals surface area contributed by atoms with Gasteiger partial charge in [0.2, 0.25) is 0 Å². The van der Waals surface area contributed by atoms with E-state index < -0.39 is 0 Å². The highest BCUT2D eigenvalue weighted by atomic mass is 28.2. The van der Waals surface area contributed by atoms with Crippen molar-refractivity contribution in [1.29, 1.82) is 0 Å². The molecule has 0 aliphatic carbocycles. The minimum absolute atomic E-state index is 1.43. The third kappa shape index (κ3) is 796. The van der Waals surface area contributed by atoms with Crippen LogP contribution in [0.5, 0.6) is 0 Å². The zero-order valence-electron chi connectivity index (χ0n) is 6.15. The van der Waals surface area contributed by atoms with Crippen molar-refractivity contribution in [3.05, 3.63) is 0 Å². The Kier molecular flexibility index (Phi) is 14.3. The van der Waals surface area contributed by atoms with Gasteiger partial charge >= 0.3 is 0 Å². The van der Waals surface area contributed by atoms with Gasteiger partial charge in [0.15, 0.2) is 0 Å². The molecule has 0 spiro atoms. The fourth-order valence-corrected chi connectivity index (χ4v) is 0. The summed E-state index contributed by atoms with van der Waals surface area (Å²) in [5, 5.41) is 0. The summed E-state index contributed by atoms with van der Waals surface area (Å²) in [4.78, 5) is 2.00. The molecule has 7 heavy (non-hydrogen) atoms. The van der Waals surface area contributed by atoms with Gasteiger partial charge in [0.05, 0.1) is 0 Å². The van der Waals surface area contributed by atoms with E-state index in [1.165, 1.54) is 26.2 Å². The predicted octanol–water partition coefficient (Wildman–Crippen LogP) is -1.73. The summed E-state index contributed by atoms with van der Waals surface area (Å²) in [5.74, 6) is 0. The lowest BCUT2D eigenvalue weighted by Crippen LogP contribution is -1.99. The summed E-state index contributed by atoms with van der Waals surface area (Å²) in [7, 11) is 8.86. The molecule has 0 fully saturated rings. The normalized spacial score (nSPS) is 8.57. The minimum atomic E-state index is 1.43. The molecule has 0 bridgehead atoms. The van der Waals surface area contributed by atoms with E-state index in [1.54, 1.807) is 0 Å². The van der Waals surface area contributed by atoms with Crippen molar-refractivity contribution in [2.45, 2.75) is 5.67 Å². The van der Waals surface area contributed by atoms with Crippen molar-refractivity contribution < 1.29 is 0 Å². The fourth-order valence-electron chi connectivity index (χ4n) is 0. The number of rotatable bonds is 0. The summed E-state index contributed by atoms with van der Waals surface area (Å²) in [5.41, 5.74) is 1.53. The maximum atomic E-state index is 2.00. The summed E-state index contributed by atoms with van der Waals surface area (Å²) >= 11 is 0. The second-order valence-corrected chi connectivity index (χ2v) is 7.71. The maximum Gasteiger partial charge on any atom is -0.000878 e. The average molecular weight is 135 g/mol. The molecule has 0 rings (SSSR count). The molecule has 0 aromatic carbocycles. The van der Waals surface area contributed by atoms with E-state index in [9.17, 15) is 0 Å². The van der Waals surface area contributed by atoms with Crippen LogP contribution in [0.2, 0.25) is 5.67 Å². The van der Waals surface area contributed by atoms with E-state index in [1.807, 2.05) is 26.0 Å². The monoisotopic (exact) mass is 135 g/mol. The SMILES string of the molecule is CN(C)C.[SiH3]C[SiH3]. The summed E-state index contributed by atoms with van der Waals surface area (Å²) in [6, 6.07) is 0. The zero-order valence-corrected chi connectivity index (χ0v) is 10.2. The van der Waals surface area contributed by atoms with E-state index in [4.69, 9.17) is 0 Å². The first-order chi connectivity index (χ1) is 3.15. The molecule has 0 aromatic rings. The molecule has 0 aliphatic rings. The van der Waals surface area contributed by atoms with Crippen LogP contribution in [0.4, 0.5) is 0 Å². The molecule has 0 N–H and O–H groups in total. The van der Waals surface area contributed by atoms with Gasteiger partial charge in [-0.2, -0.15) is 0 Å². The average Bonchev–Trinajstić information content (AvgIpc) is 1.33. The van der Waals surface area contributed by atoms with Gasteiger partial charge in [-0.15, -0.1) is 0 Å². The van der Waals surface area contributed by atoms with Crippen LogP contribution in [-0.4, -0.2) is 46.5 Å². The van der Waals surface area contributed by atoms with Crippen molar-refractivity contribution in [2.24, 2.45) is 0 Å². The Morgan fingerprint density at radius 2 is 1.14 bits per heavy atom. The van der Waals surface area contributed by atoms with Crippen LogP contribution in [0.1, 0.15) is 0 Å². The molecule has 0 atom stereocenters. The van der Waals surface area contributed by atoms with E-state index in [0.717, 1.165) is 0 Å². The highest BCUT2D eigenvalue weighted by molar-refractivity contribution is 6.31. The first-order valence-electron chi connectivity index (χ1n) is 2.76. The number of hydrogen-bond donors (Lipinski definition) is 0. The summed E-state index contributed by atoms with van der Waals surface area (Å²) < 4.78 is 0. The second-order valence-electron chi connectivity index (χ2n) is 2.05. The molecule has 0 unspecified atom stereocenters. The Bertz CT molecular complexity index is 20.9. The number of hydrogen-bond acceptors (Lipinski definition) is 1. The molecule has 46 valence electrons. The smallest absolute Gasteiger partial charge is 0.000878 e. The lowest BCUT2D eigenvalue weighted by molar-refractivity contribution is 0.505. The lowest BCUT2D eigenvalue weighted by Gasteiger charge is -1.90. The van der Waals surface area contributed by atoms with Gasteiger partial charge in [-0.05, 0) is 41.6 Å². The number of nitrogens with zero attached hydrogens (tertiary/aromatic N) is 1. The largest absolute Gasteiger partial charge is 0.312 e. The molecular formula is C4H17NSi2. The molecule has 0 saturated heterocycles. The third-order valence-electron chi connectivity index (χ3n) is 0. The first kappa shape index (κ1) is 10.4. The van der Waals surface area contributed by atoms with Gasteiger partial charge in [-0.25, -0.2) is 0 Å². The van der Waals surface area contributed by atoms with E-state index in [0.29, 0.717) is 0 Å². The second kappa shape index (κ2) is 9.64. The Labute approximate surface area is 52.9 Å². The van der Waals surface area contributed by atoms with Gasteiger partial charge < -0.3 is 4.90 Å². The quantitative estimate of drug-likeness (QED) is 0.357. The highest BCUT2D eigenvalue weighted by Crippen LogP contribution is 1.47. The van der Waals surface area contributed by atoms with Gasteiger partial charge in [0.1, 0.15) is 0 Å². The van der Waals surface area contributed by atoms with Crippen molar-refractivity contribution in [3.8, 4) is 0 Å². The molecule has 0 radical (unpaired) electrons. The van der Waals surface area contributed by atoms with E-state index >= 15 is 0 Å². The molecular weight excluding hydrogens is 118 g/mol. The van der Waals surface area contributed by atoms with Crippen LogP contribution < -0.4 is 0 Å². The van der Waals surface area contributed by atoms with Crippen molar-refractivity contribution in [3.63, 3.8) is 0 Å². The Morgan fingerprint density at radius 3 is 1.14 bits per heavy atom. The molecule has 0 aliphatic heterocycles. The van der Waals surface area contributed by atoms with Gasteiger partial charge in [-0.1, -0.05) is 5.67 Å². The van der Waals surface area contributed by atoms with Crippen LogP contribution in [0.25, 0.3) is 0 Å². The zero-order chi connectivity index (χ0) is 6.28. The topological polar surface area (TPSA) is 3.24 Å². The maximum absolute atomic E-state index is 2.00. The molecule has 3 heteroatoms. The highest BCUT2D eigenvalue weighted by Gasteiger charge is 1.58. The Hall–Kier alpha value is 0.394. The summed E-state index contributed by atoms with van der Waals surface area (Å²) in [6.45, 7) is 0. The summed E-state index contributed by atoms with van der Waals surface area (Å²) in [6.07, 6.45) is 0. The third-order valence-corrected chi connectivity index (χ3v) is 0. The first-order valence-corrected chi connectivity index (χ1v) is 5.58. The molecule has 0 amide bonds. The van der Waals surface area contributed by atoms with Crippen LogP contribution in [-0.2, 0) is 0 Å². The Morgan fingerprint density at radius 1 is 1.14 bits per heavy atom. The molecule has 0 heterocycles. The molecule has 1 nitrogen and oxygen atoms in total. The predicted molar refractivity (Wildman–Crippen MR) is 44.3 cm³/mol. The fraction of sp³-hybridized carbons (Fsp3) is 1.00. The van der Waals surface area contributed by atoms with Crippen LogP contribution in [0, 0.1) is 0 Å². The van der Waals surface area contributed by atoms with E-state index in [-0.39, 0.29) is 0 Å². The van der Waals surface area contributed by atoms with Gasteiger partial charge in [0, 0.05) is 0 Å². The van der Waals surface area contributed by atoms with Gasteiger partial charge in [0.25, 0.3) is 0 Å². The van der Waals surface area contributed by atoms with Crippen LogP contribution >= 0.6 is 0 Å². The van der Waals surface area contributed by atoms with Gasteiger partial charge in [-0.3, -0.25) is 0 Å². The minimum Gasteiger partial charge on any atom is -0.312 e.